The first-order valence-electron chi connectivity index (χ1n) is 4.30. The molecule has 0 saturated carbocycles. The Bertz CT molecular complexity index is 585. The van der Waals surface area contributed by atoms with E-state index in [2.05, 4.69) is 10.4 Å². The van der Waals surface area contributed by atoms with Crippen LogP contribution in [0.5, 0.6) is 0 Å². The first-order valence-corrected chi connectivity index (χ1v) is 5.12. The number of aromatic nitrogens is 2. The van der Waals surface area contributed by atoms with Crippen molar-refractivity contribution in [2.24, 2.45) is 5.84 Å². The van der Waals surface area contributed by atoms with E-state index in [0.29, 0.717) is 10.2 Å². The molecule has 5 N–H and O–H groups in total. The molecule has 2 aromatic rings. The van der Waals surface area contributed by atoms with Crippen molar-refractivity contribution in [3.05, 3.63) is 20.8 Å². The summed E-state index contributed by atoms with van der Waals surface area (Å²) < 4.78 is 0.918. The maximum absolute atomic E-state index is 11.9. The number of hydrogen-bond acceptors (Lipinski definition) is 6. The van der Waals surface area contributed by atoms with Gasteiger partial charge in [-0.15, -0.1) is 11.3 Å². The van der Waals surface area contributed by atoms with Gasteiger partial charge in [0.25, 0.3) is 5.56 Å². The third kappa shape index (κ3) is 1.28. The number of hydrogen-bond donors (Lipinski definition) is 3. The second kappa shape index (κ2) is 3.21. The van der Waals surface area contributed by atoms with Crippen LogP contribution < -0.4 is 22.7 Å². The van der Waals surface area contributed by atoms with Crippen LogP contribution in [0.25, 0.3) is 10.2 Å². The predicted molar refractivity (Wildman–Crippen MR) is 61.3 cm³/mol. The van der Waals surface area contributed by atoms with E-state index in [-0.39, 0.29) is 11.5 Å². The highest BCUT2D eigenvalue weighted by molar-refractivity contribution is 7.18. The molecule has 2 aromatic heterocycles. The molecular formula is C8H11N5OS. The van der Waals surface area contributed by atoms with Crippen LogP contribution in [-0.2, 0) is 0 Å². The van der Waals surface area contributed by atoms with Gasteiger partial charge in [-0.2, -0.15) is 4.68 Å². The Labute approximate surface area is 89.5 Å². The van der Waals surface area contributed by atoms with Gasteiger partial charge in [0.05, 0.1) is 5.39 Å². The highest BCUT2D eigenvalue weighted by atomic mass is 32.1. The van der Waals surface area contributed by atoms with Crippen molar-refractivity contribution in [1.82, 2.24) is 9.66 Å². The number of anilines is 1. The summed E-state index contributed by atoms with van der Waals surface area (Å²) in [6.07, 6.45) is 0. The summed E-state index contributed by atoms with van der Waals surface area (Å²) in [5.41, 5.74) is 2.93. The van der Waals surface area contributed by atoms with Gasteiger partial charge in [-0.05, 0) is 19.4 Å². The number of thiophene rings is 1. The first-order chi connectivity index (χ1) is 7.06. The number of fused-ring (bicyclic) bond motifs is 1. The van der Waals surface area contributed by atoms with Crippen LogP contribution >= 0.6 is 11.3 Å². The topological polar surface area (TPSA) is 99.0 Å². The van der Waals surface area contributed by atoms with E-state index in [0.717, 1.165) is 15.1 Å². The van der Waals surface area contributed by atoms with Crippen molar-refractivity contribution in [3.63, 3.8) is 0 Å². The number of hydrazine groups is 1. The molecule has 0 fully saturated rings. The molecule has 0 atom stereocenters. The average molecular weight is 225 g/mol. The third-order valence-electron chi connectivity index (χ3n) is 2.36. The number of rotatable bonds is 1. The number of nitrogen functional groups attached to an aromatic ring is 2. The third-order valence-corrected chi connectivity index (χ3v) is 3.47. The Morgan fingerprint density at radius 3 is 2.73 bits per heavy atom. The van der Waals surface area contributed by atoms with Gasteiger partial charge < -0.3 is 5.84 Å². The highest BCUT2D eigenvalue weighted by Crippen LogP contribution is 2.26. The Hall–Kier alpha value is -1.60. The van der Waals surface area contributed by atoms with E-state index >= 15 is 0 Å². The number of aryl methyl sites for hydroxylation is 2. The molecule has 2 heterocycles. The van der Waals surface area contributed by atoms with Crippen LogP contribution in [0.1, 0.15) is 10.4 Å². The molecular weight excluding hydrogens is 214 g/mol. The smallest absolute Gasteiger partial charge is 0.282 e. The molecule has 0 aliphatic heterocycles. The minimum atomic E-state index is -0.283. The van der Waals surface area contributed by atoms with Crippen LogP contribution in [0.3, 0.4) is 0 Å². The summed E-state index contributed by atoms with van der Waals surface area (Å²) in [5.74, 6) is 10.9. The van der Waals surface area contributed by atoms with Gasteiger partial charge in [-0.25, -0.2) is 10.8 Å². The van der Waals surface area contributed by atoms with Crippen molar-refractivity contribution in [1.29, 1.82) is 0 Å². The molecule has 6 nitrogen and oxygen atoms in total. The minimum absolute atomic E-state index is 0.161. The Kier molecular flexibility index (Phi) is 2.13. The van der Waals surface area contributed by atoms with Crippen molar-refractivity contribution >= 4 is 27.5 Å². The van der Waals surface area contributed by atoms with Gasteiger partial charge in [0.2, 0.25) is 5.95 Å². The molecule has 2 rings (SSSR count). The molecule has 0 radical (unpaired) electrons. The van der Waals surface area contributed by atoms with Crippen molar-refractivity contribution < 1.29 is 0 Å². The van der Waals surface area contributed by atoms with Crippen LogP contribution in [0.15, 0.2) is 4.79 Å². The molecule has 7 heteroatoms. The maximum Gasteiger partial charge on any atom is 0.282 e. The van der Waals surface area contributed by atoms with Crippen LogP contribution in [0, 0.1) is 13.8 Å². The maximum atomic E-state index is 11.9. The summed E-state index contributed by atoms with van der Waals surface area (Å²) in [4.78, 5) is 17.7. The molecule has 0 saturated heterocycles. The highest BCUT2D eigenvalue weighted by Gasteiger charge is 2.14. The molecule has 0 amide bonds. The fraction of sp³-hybridized carbons (Fsp3) is 0.250. The number of nitrogens with two attached hydrogens (primary N) is 2. The van der Waals surface area contributed by atoms with Gasteiger partial charge in [0, 0.05) is 4.88 Å². The summed E-state index contributed by atoms with van der Waals surface area (Å²) >= 11 is 1.46. The van der Waals surface area contributed by atoms with E-state index < -0.39 is 0 Å². The van der Waals surface area contributed by atoms with Gasteiger partial charge in [0.1, 0.15) is 4.83 Å². The molecule has 0 unspecified atom stereocenters. The summed E-state index contributed by atoms with van der Waals surface area (Å²) in [7, 11) is 0. The first kappa shape index (κ1) is 9.94. The second-order valence-electron chi connectivity index (χ2n) is 3.22. The summed E-state index contributed by atoms with van der Waals surface area (Å²) in [5, 5.41) is 0.569. The fourth-order valence-electron chi connectivity index (χ4n) is 1.41. The molecule has 0 aliphatic carbocycles. The lowest BCUT2D eigenvalue weighted by Gasteiger charge is -2.04. The second-order valence-corrected chi connectivity index (χ2v) is 4.42. The van der Waals surface area contributed by atoms with Gasteiger partial charge in [-0.1, -0.05) is 0 Å². The zero-order chi connectivity index (χ0) is 11.2. The van der Waals surface area contributed by atoms with Crippen LogP contribution in [0.4, 0.5) is 5.95 Å². The normalized spacial score (nSPS) is 10.9. The number of nitrogens with zero attached hydrogens (tertiary/aromatic N) is 2. The molecule has 0 aliphatic rings. The summed E-state index contributed by atoms with van der Waals surface area (Å²) in [6.45, 7) is 3.82. The van der Waals surface area contributed by atoms with E-state index in [1.807, 2.05) is 13.8 Å². The summed E-state index contributed by atoms with van der Waals surface area (Å²) in [6, 6.07) is 0. The monoisotopic (exact) mass is 225 g/mol. The lowest BCUT2D eigenvalue weighted by molar-refractivity contribution is 0.912. The molecule has 0 bridgehead atoms. The van der Waals surface area contributed by atoms with Crippen LogP contribution in [-0.4, -0.2) is 9.66 Å². The minimum Gasteiger partial charge on any atom is -0.333 e. The van der Waals surface area contributed by atoms with Gasteiger partial charge in [-0.3, -0.25) is 10.2 Å². The van der Waals surface area contributed by atoms with Crippen LogP contribution in [0.2, 0.25) is 0 Å². The van der Waals surface area contributed by atoms with Gasteiger partial charge >= 0.3 is 0 Å². The van der Waals surface area contributed by atoms with E-state index in [9.17, 15) is 4.79 Å². The van der Waals surface area contributed by atoms with Crippen molar-refractivity contribution in [2.45, 2.75) is 13.8 Å². The molecule has 80 valence electrons. The Balaban J connectivity index is 2.98. The van der Waals surface area contributed by atoms with Gasteiger partial charge in [0.15, 0.2) is 0 Å². The zero-order valence-electron chi connectivity index (χ0n) is 8.37. The Morgan fingerprint density at radius 2 is 2.13 bits per heavy atom. The zero-order valence-corrected chi connectivity index (χ0v) is 9.18. The lowest BCUT2D eigenvalue weighted by Crippen LogP contribution is -2.32. The quantitative estimate of drug-likeness (QED) is 0.471. The lowest BCUT2D eigenvalue weighted by atomic mass is 10.2. The largest absolute Gasteiger partial charge is 0.333 e. The standard InChI is InChI=1S/C8H11N5OS/c1-3-4(2)15-6-5(3)7(14)13(10)8(11-6)12-9/h9-10H2,1-2H3,(H,11,12). The van der Waals surface area contributed by atoms with E-state index in [4.69, 9.17) is 11.7 Å². The SMILES string of the molecule is Cc1sc2nc(NN)n(N)c(=O)c2c1C. The van der Waals surface area contributed by atoms with Crippen molar-refractivity contribution in [3.8, 4) is 0 Å². The van der Waals surface area contributed by atoms with Crippen molar-refractivity contribution in [2.75, 3.05) is 11.3 Å². The molecule has 15 heavy (non-hydrogen) atoms. The molecule has 0 spiro atoms. The fourth-order valence-corrected chi connectivity index (χ4v) is 2.43. The van der Waals surface area contributed by atoms with E-state index in [1.165, 1.54) is 11.3 Å². The molecule has 0 aromatic carbocycles. The number of nitrogens with one attached hydrogen (secondary N) is 1. The average Bonchev–Trinajstić information content (AvgIpc) is 2.49. The Morgan fingerprint density at radius 1 is 1.47 bits per heavy atom. The van der Waals surface area contributed by atoms with E-state index in [1.54, 1.807) is 0 Å². The predicted octanol–water partition coefficient (Wildman–Crippen LogP) is 0.0742.